The van der Waals surface area contributed by atoms with Gasteiger partial charge in [0.2, 0.25) is 5.91 Å². The molecule has 3 aromatic rings. The summed E-state index contributed by atoms with van der Waals surface area (Å²) in [6.07, 6.45) is 0.351. The average Bonchev–Trinajstić information content (AvgIpc) is 2.96. The molecule has 0 radical (unpaired) electrons. The van der Waals surface area contributed by atoms with E-state index >= 15 is 0 Å². The molecule has 23 heavy (non-hydrogen) atoms. The minimum Gasteiger partial charge on any atom is -0.324 e. The van der Waals surface area contributed by atoms with Crippen molar-refractivity contribution >= 4 is 44.9 Å². The van der Waals surface area contributed by atoms with Gasteiger partial charge in [-0.1, -0.05) is 24.3 Å². The van der Waals surface area contributed by atoms with Crippen molar-refractivity contribution in [1.82, 2.24) is 4.98 Å². The number of halogens is 1. The van der Waals surface area contributed by atoms with Gasteiger partial charge >= 0.3 is 0 Å². The van der Waals surface area contributed by atoms with Crippen LogP contribution in [0.25, 0.3) is 10.2 Å². The van der Waals surface area contributed by atoms with E-state index in [4.69, 9.17) is 0 Å². The van der Waals surface area contributed by atoms with E-state index in [-0.39, 0.29) is 11.6 Å². The molecule has 1 amide bonds. The Morgan fingerprint density at radius 3 is 2.78 bits per heavy atom. The largest absolute Gasteiger partial charge is 0.324 e. The first-order valence-electron chi connectivity index (χ1n) is 7.19. The average molecular weight is 346 g/mol. The molecule has 1 heterocycles. The number of aromatic nitrogens is 1. The molecule has 0 unspecified atom stereocenters. The van der Waals surface area contributed by atoms with E-state index in [0.717, 1.165) is 16.3 Å². The number of anilines is 1. The van der Waals surface area contributed by atoms with Gasteiger partial charge in [0.05, 0.1) is 15.9 Å². The van der Waals surface area contributed by atoms with Gasteiger partial charge in [0, 0.05) is 17.9 Å². The maximum atomic E-state index is 13.4. The highest BCUT2D eigenvalue weighted by Gasteiger charge is 2.07. The Bertz CT molecular complexity index is 786. The van der Waals surface area contributed by atoms with Gasteiger partial charge in [0.25, 0.3) is 0 Å². The molecule has 2 aromatic carbocycles. The number of benzene rings is 2. The van der Waals surface area contributed by atoms with Crippen molar-refractivity contribution in [3.63, 3.8) is 0 Å². The van der Waals surface area contributed by atoms with Crippen molar-refractivity contribution in [1.29, 1.82) is 0 Å². The zero-order valence-corrected chi connectivity index (χ0v) is 13.9. The van der Waals surface area contributed by atoms with Crippen molar-refractivity contribution in [2.45, 2.75) is 12.2 Å². The molecule has 3 nitrogen and oxygen atoms in total. The monoisotopic (exact) mass is 346 g/mol. The summed E-state index contributed by atoms with van der Waals surface area (Å²) in [5, 5.41) is 3.65. The summed E-state index contributed by atoms with van der Waals surface area (Å²) in [6.45, 7) is 0. The topological polar surface area (TPSA) is 42.0 Å². The third-order valence-electron chi connectivity index (χ3n) is 3.19. The van der Waals surface area contributed by atoms with Crippen LogP contribution in [0.4, 0.5) is 10.1 Å². The zero-order chi connectivity index (χ0) is 16.1. The maximum Gasteiger partial charge on any atom is 0.225 e. The molecule has 1 aromatic heterocycles. The fourth-order valence-electron chi connectivity index (χ4n) is 2.08. The number of hydrogen-bond acceptors (Lipinski definition) is 4. The SMILES string of the molecule is O=C(CCSCc1nc2ccccc2s1)Nc1ccccc1F. The van der Waals surface area contributed by atoms with Crippen LogP contribution in [-0.2, 0) is 10.5 Å². The minimum absolute atomic E-state index is 0.174. The number of nitrogens with one attached hydrogen (secondary N) is 1. The number of carbonyl (C=O) groups is 1. The third-order valence-corrected chi connectivity index (χ3v) is 5.37. The Hall–Kier alpha value is -1.92. The number of thioether (sulfide) groups is 1. The van der Waals surface area contributed by atoms with Crippen molar-refractivity contribution in [2.24, 2.45) is 0 Å². The van der Waals surface area contributed by atoms with E-state index in [2.05, 4.69) is 16.4 Å². The van der Waals surface area contributed by atoms with E-state index in [1.54, 1.807) is 41.3 Å². The van der Waals surface area contributed by atoms with Crippen LogP contribution in [-0.4, -0.2) is 16.6 Å². The summed E-state index contributed by atoms with van der Waals surface area (Å²) in [5.41, 5.74) is 1.25. The Labute approximate surface area is 141 Å². The number of carbonyl (C=O) groups excluding carboxylic acids is 1. The fourth-order valence-corrected chi connectivity index (χ4v) is 4.04. The molecule has 0 bridgehead atoms. The Morgan fingerprint density at radius 1 is 1.17 bits per heavy atom. The lowest BCUT2D eigenvalue weighted by Crippen LogP contribution is -2.13. The highest BCUT2D eigenvalue weighted by Crippen LogP contribution is 2.25. The molecule has 0 atom stereocenters. The first kappa shape index (κ1) is 16.0. The summed E-state index contributed by atoms with van der Waals surface area (Å²) >= 11 is 3.34. The van der Waals surface area contributed by atoms with E-state index in [1.807, 2.05) is 18.2 Å². The minimum atomic E-state index is -0.414. The molecule has 118 valence electrons. The number of hydrogen-bond donors (Lipinski definition) is 1. The molecule has 0 spiro atoms. The molecule has 0 fully saturated rings. The molecule has 0 saturated carbocycles. The summed E-state index contributed by atoms with van der Waals surface area (Å²) in [4.78, 5) is 16.4. The van der Waals surface area contributed by atoms with Crippen LogP contribution in [0.15, 0.2) is 48.5 Å². The van der Waals surface area contributed by atoms with Gasteiger partial charge in [-0.25, -0.2) is 9.37 Å². The number of thiazole rings is 1. The van der Waals surface area contributed by atoms with E-state index in [1.165, 1.54) is 10.8 Å². The summed E-state index contributed by atoms with van der Waals surface area (Å²) < 4.78 is 14.6. The number of rotatable bonds is 6. The second kappa shape index (κ2) is 7.57. The lowest BCUT2D eigenvalue weighted by molar-refractivity contribution is -0.115. The molecular weight excluding hydrogens is 331 g/mol. The highest BCUT2D eigenvalue weighted by atomic mass is 32.2. The van der Waals surface area contributed by atoms with Crippen molar-refractivity contribution in [2.75, 3.05) is 11.1 Å². The normalized spacial score (nSPS) is 10.8. The smallest absolute Gasteiger partial charge is 0.225 e. The summed E-state index contributed by atoms with van der Waals surface area (Å²) in [6, 6.07) is 14.2. The number of fused-ring (bicyclic) bond motifs is 1. The zero-order valence-electron chi connectivity index (χ0n) is 12.3. The molecular formula is C17H15FN2OS2. The Morgan fingerprint density at radius 2 is 1.96 bits per heavy atom. The van der Waals surface area contributed by atoms with Crippen LogP contribution in [0.3, 0.4) is 0 Å². The van der Waals surface area contributed by atoms with Crippen LogP contribution < -0.4 is 5.32 Å². The quantitative estimate of drug-likeness (QED) is 0.658. The Kier molecular flexibility index (Phi) is 5.25. The van der Waals surface area contributed by atoms with Crippen molar-refractivity contribution in [3.05, 3.63) is 59.4 Å². The van der Waals surface area contributed by atoms with Gasteiger partial charge in [0.1, 0.15) is 10.8 Å². The van der Waals surface area contributed by atoms with Gasteiger partial charge in [-0.15, -0.1) is 11.3 Å². The maximum absolute atomic E-state index is 13.4. The summed E-state index contributed by atoms with van der Waals surface area (Å²) in [5.74, 6) is 0.873. The van der Waals surface area contributed by atoms with Crippen LogP contribution in [0.2, 0.25) is 0 Å². The number of amides is 1. The van der Waals surface area contributed by atoms with Gasteiger partial charge in [-0.3, -0.25) is 4.79 Å². The van der Waals surface area contributed by atoms with Crippen LogP contribution in [0.1, 0.15) is 11.4 Å². The lowest BCUT2D eigenvalue weighted by Gasteiger charge is -2.05. The molecule has 0 saturated heterocycles. The standard InChI is InChI=1S/C17H15FN2OS2/c18-12-5-1-2-6-13(12)19-16(21)9-10-22-11-17-20-14-7-3-4-8-15(14)23-17/h1-8H,9-11H2,(H,19,21). The van der Waals surface area contributed by atoms with Crippen molar-refractivity contribution < 1.29 is 9.18 Å². The van der Waals surface area contributed by atoms with E-state index in [9.17, 15) is 9.18 Å². The van der Waals surface area contributed by atoms with Crippen LogP contribution >= 0.6 is 23.1 Å². The van der Waals surface area contributed by atoms with E-state index < -0.39 is 5.82 Å². The van der Waals surface area contributed by atoms with Crippen molar-refractivity contribution in [3.8, 4) is 0 Å². The predicted octanol–water partition coefficient (Wildman–Crippen LogP) is 4.70. The molecule has 3 rings (SSSR count). The second-order valence-corrected chi connectivity index (χ2v) is 7.13. The predicted molar refractivity (Wildman–Crippen MR) is 95.4 cm³/mol. The van der Waals surface area contributed by atoms with Gasteiger partial charge in [0.15, 0.2) is 0 Å². The fraction of sp³-hybridized carbons (Fsp3) is 0.176. The third kappa shape index (κ3) is 4.30. The summed E-state index contributed by atoms with van der Waals surface area (Å²) in [7, 11) is 0. The van der Waals surface area contributed by atoms with Gasteiger partial charge < -0.3 is 5.32 Å². The molecule has 0 aliphatic carbocycles. The first-order valence-corrected chi connectivity index (χ1v) is 9.16. The van der Waals surface area contributed by atoms with Gasteiger partial charge in [-0.05, 0) is 24.3 Å². The number of para-hydroxylation sites is 2. The molecule has 6 heteroatoms. The second-order valence-electron chi connectivity index (χ2n) is 4.91. The van der Waals surface area contributed by atoms with Crippen LogP contribution in [0, 0.1) is 5.82 Å². The van der Waals surface area contributed by atoms with Crippen LogP contribution in [0.5, 0.6) is 0 Å². The highest BCUT2D eigenvalue weighted by molar-refractivity contribution is 7.98. The first-order chi connectivity index (χ1) is 11.2. The lowest BCUT2D eigenvalue weighted by atomic mass is 10.3. The molecule has 1 N–H and O–H groups in total. The van der Waals surface area contributed by atoms with Gasteiger partial charge in [-0.2, -0.15) is 11.8 Å². The number of nitrogens with zero attached hydrogens (tertiary/aromatic N) is 1. The molecule has 0 aliphatic rings. The van der Waals surface area contributed by atoms with E-state index in [0.29, 0.717) is 12.2 Å². The Balaban J connectivity index is 1.44. The molecule has 0 aliphatic heterocycles.